The first-order valence-corrected chi connectivity index (χ1v) is 3.96. The molecule has 0 aliphatic carbocycles. The molecule has 1 aromatic carbocycles. The van der Waals surface area contributed by atoms with Gasteiger partial charge in [0.25, 0.3) is 0 Å². The Morgan fingerprint density at radius 1 is 1.46 bits per heavy atom. The Hall–Kier alpha value is -1.64. The van der Waals surface area contributed by atoms with E-state index in [1.165, 1.54) is 19.1 Å². The van der Waals surface area contributed by atoms with Gasteiger partial charge < -0.3 is 4.98 Å². The highest BCUT2D eigenvalue weighted by Crippen LogP contribution is 2.18. The smallest absolute Gasteiger partial charge is 0.175 e. The third-order valence-corrected chi connectivity index (χ3v) is 1.99. The second-order valence-corrected chi connectivity index (χ2v) is 2.94. The van der Waals surface area contributed by atoms with E-state index >= 15 is 0 Å². The van der Waals surface area contributed by atoms with Crippen LogP contribution in [0.2, 0.25) is 0 Å². The van der Waals surface area contributed by atoms with Crippen LogP contribution in [0.5, 0.6) is 0 Å². The van der Waals surface area contributed by atoms with Crippen molar-refractivity contribution in [3.05, 3.63) is 35.8 Å². The predicted octanol–water partition coefficient (Wildman–Crippen LogP) is 2.51. The van der Waals surface area contributed by atoms with Gasteiger partial charge in [-0.2, -0.15) is 0 Å². The molecule has 13 heavy (non-hydrogen) atoms. The van der Waals surface area contributed by atoms with Crippen LogP contribution in [-0.2, 0) is 0 Å². The van der Waals surface area contributed by atoms with E-state index in [9.17, 15) is 9.18 Å². The number of aromatic amines is 1. The number of carbonyl (C=O) groups excluding carboxylic acids is 1. The molecule has 1 N–H and O–H groups in total. The summed E-state index contributed by atoms with van der Waals surface area (Å²) in [6.45, 7) is 1.45. The second kappa shape index (κ2) is 2.69. The number of H-pyrrole nitrogens is 1. The average Bonchev–Trinajstić information content (AvgIpc) is 2.49. The Kier molecular flexibility index (Phi) is 1.65. The molecule has 0 amide bonds. The van der Waals surface area contributed by atoms with E-state index < -0.39 is 0 Å². The van der Waals surface area contributed by atoms with Gasteiger partial charge in [-0.3, -0.25) is 4.79 Å². The lowest BCUT2D eigenvalue weighted by Crippen LogP contribution is -1.89. The van der Waals surface area contributed by atoms with Gasteiger partial charge in [-0.1, -0.05) is 6.07 Å². The molecule has 0 fully saturated rings. The van der Waals surface area contributed by atoms with Crippen molar-refractivity contribution in [3.8, 4) is 0 Å². The van der Waals surface area contributed by atoms with Gasteiger partial charge in [-0.05, 0) is 18.2 Å². The van der Waals surface area contributed by atoms with Gasteiger partial charge in [-0.15, -0.1) is 0 Å². The fourth-order valence-electron chi connectivity index (χ4n) is 1.31. The summed E-state index contributed by atoms with van der Waals surface area (Å²) < 4.78 is 13.1. The number of fused-ring (bicyclic) bond motifs is 1. The number of benzene rings is 1. The molecule has 1 aromatic heterocycles. The molecule has 0 radical (unpaired) electrons. The van der Waals surface area contributed by atoms with Gasteiger partial charge in [-0.25, -0.2) is 4.39 Å². The number of aromatic nitrogens is 1. The molecule has 0 saturated carbocycles. The summed E-state index contributed by atoms with van der Waals surface area (Å²) in [6.07, 6.45) is 0. The summed E-state index contributed by atoms with van der Waals surface area (Å²) in [4.78, 5) is 13.8. The van der Waals surface area contributed by atoms with E-state index in [4.69, 9.17) is 0 Å². The normalized spacial score (nSPS) is 10.6. The zero-order valence-electron chi connectivity index (χ0n) is 7.10. The minimum Gasteiger partial charge on any atom is -0.352 e. The molecule has 2 rings (SSSR count). The number of hydrogen-bond acceptors (Lipinski definition) is 1. The molecule has 3 heteroatoms. The molecule has 0 spiro atoms. The molecular formula is C10H8FNO. The van der Waals surface area contributed by atoms with Crippen LogP contribution in [-0.4, -0.2) is 10.8 Å². The third-order valence-electron chi connectivity index (χ3n) is 1.99. The van der Waals surface area contributed by atoms with Crippen LogP contribution >= 0.6 is 0 Å². The van der Waals surface area contributed by atoms with Crippen molar-refractivity contribution in [1.82, 2.24) is 4.98 Å². The van der Waals surface area contributed by atoms with Crippen molar-refractivity contribution < 1.29 is 9.18 Å². The lowest BCUT2D eigenvalue weighted by atomic mass is 10.2. The maximum atomic E-state index is 13.1. The van der Waals surface area contributed by atoms with Crippen LogP contribution in [0, 0.1) is 5.82 Å². The van der Waals surface area contributed by atoms with Crippen LogP contribution in [0.3, 0.4) is 0 Å². The van der Waals surface area contributed by atoms with Crippen LogP contribution in [0.25, 0.3) is 10.9 Å². The summed E-state index contributed by atoms with van der Waals surface area (Å²) in [5.74, 6) is -0.392. The first-order valence-electron chi connectivity index (χ1n) is 3.96. The quantitative estimate of drug-likeness (QED) is 0.667. The number of nitrogens with one attached hydrogen (secondary N) is 1. The lowest BCUT2D eigenvalue weighted by Gasteiger charge is -1.88. The maximum Gasteiger partial charge on any atom is 0.175 e. The summed E-state index contributed by atoms with van der Waals surface area (Å²) in [6, 6.07) is 6.26. The van der Waals surface area contributed by atoms with E-state index in [0.29, 0.717) is 16.6 Å². The molecule has 2 nitrogen and oxygen atoms in total. The van der Waals surface area contributed by atoms with Gasteiger partial charge in [0.1, 0.15) is 5.82 Å². The Bertz CT molecular complexity index is 473. The average molecular weight is 177 g/mol. The maximum absolute atomic E-state index is 13.1. The van der Waals surface area contributed by atoms with Crippen LogP contribution in [0.1, 0.15) is 17.4 Å². The monoisotopic (exact) mass is 177 g/mol. The summed E-state index contributed by atoms with van der Waals surface area (Å²) >= 11 is 0. The topological polar surface area (TPSA) is 32.9 Å². The van der Waals surface area contributed by atoms with E-state index in [-0.39, 0.29) is 11.6 Å². The Morgan fingerprint density at radius 2 is 2.23 bits per heavy atom. The van der Waals surface area contributed by atoms with E-state index in [0.717, 1.165) is 0 Å². The second-order valence-electron chi connectivity index (χ2n) is 2.94. The minimum absolute atomic E-state index is 0.0874. The third kappa shape index (κ3) is 1.22. The van der Waals surface area contributed by atoms with Crippen molar-refractivity contribution in [2.45, 2.75) is 6.92 Å². The Morgan fingerprint density at radius 3 is 2.85 bits per heavy atom. The molecule has 2 aromatic rings. The predicted molar refractivity (Wildman–Crippen MR) is 48.3 cm³/mol. The molecule has 1 heterocycles. The van der Waals surface area contributed by atoms with Crippen molar-refractivity contribution in [1.29, 1.82) is 0 Å². The first-order chi connectivity index (χ1) is 6.18. The van der Waals surface area contributed by atoms with E-state index in [1.807, 2.05) is 0 Å². The van der Waals surface area contributed by atoms with Crippen molar-refractivity contribution in [3.63, 3.8) is 0 Å². The molecule has 0 aliphatic rings. The SMILES string of the molecule is CC(=O)c1cc2c(F)cccc2[nH]1. The van der Waals surface area contributed by atoms with Gasteiger partial charge in [0.2, 0.25) is 0 Å². The summed E-state index contributed by atoms with van der Waals surface area (Å²) in [5.41, 5.74) is 1.10. The van der Waals surface area contributed by atoms with Gasteiger partial charge in [0.05, 0.1) is 5.69 Å². The molecular weight excluding hydrogens is 169 g/mol. The highest BCUT2D eigenvalue weighted by molar-refractivity contribution is 5.97. The van der Waals surface area contributed by atoms with Gasteiger partial charge in [0.15, 0.2) is 5.78 Å². The standard InChI is InChI=1S/C10H8FNO/c1-6(13)10-5-7-8(11)3-2-4-9(7)12-10/h2-5,12H,1H3. The number of carbonyl (C=O) groups is 1. The van der Waals surface area contributed by atoms with Crippen LogP contribution in [0.15, 0.2) is 24.3 Å². The van der Waals surface area contributed by atoms with Crippen molar-refractivity contribution >= 4 is 16.7 Å². The van der Waals surface area contributed by atoms with E-state index in [1.54, 1.807) is 12.1 Å². The highest BCUT2D eigenvalue weighted by atomic mass is 19.1. The molecule has 0 aliphatic heterocycles. The molecule has 0 saturated heterocycles. The molecule has 0 bridgehead atoms. The summed E-state index contributed by atoms with van der Waals surface area (Å²) in [5, 5.41) is 0.465. The van der Waals surface area contributed by atoms with Crippen molar-refractivity contribution in [2.24, 2.45) is 0 Å². The zero-order chi connectivity index (χ0) is 9.42. The highest BCUT2D eigenvalue weighted by Gasteiger charge is 2.06. The number of rotatable bonds is 1. The summed E-state index contributed by atoms with van der Waals surface area (Å²) in [7, 11) is 0. The fourth-order valence-corrected chi connectivity index (χ4v) is 1.31. The molecule has 66 valence electrons. The van der Waals surface area contributed by atoms with Crippen LogP contribution in [0.4, 0.5) is 4.39 Å². The number of halogens is 1. The fraction of sp³-hybridized carbons (Fsp3) is 0.100. The first kappa shape index (κ1) is 7.98. The van der Waals surface area contributed by atoms with Gasteiger partial charge >= 0.3 is 0 Å². The van der Waals surface area contributed by atoms with E-state index in [2.05, 4.69) is 4.98 Å². The Balaban J connectivity index is 2.75. The molecule has 0 atom stereocenters. The minimum atomic E-state index is -0.304. The van der Waals surface area contributed by atoms with Crippen LogP contribution < -0.4 is 0 Å². The lowest BCUT2D eigenvalue weighted by molar-refractivity contribution is 0.101. The largest absolute Gasteiger partial charge is 0.352 e. The van der Waals surface area contributed by atoms with Gasteiger partial charge in [0, 0.05) is 17.8 Å². The number of hydrogen-bond donors (Lipinski definition) is 1. The zero-order valence-corrected chi connectivity index (χ0v) is 7.10. The number of ketones is 1. The van der Waals surface area contributed by atoms with Crippen molar-refractivity contribution in [2.75, 3.05) is 0 Å². The number of Topliss-reactive ketones (excluding diaryl/α,β-unsaturated/α-hetero) is 1. The molecule has 0 unspecified atom stereocenters. The Labute approximate surface area is 74.4 Å².